The first-order valence-electron chi connectivity index (χ1n) is 6.20. The van der Waals surface area contributed by atoms with Gasteiger partial charge in [-0.05, 0) is 30.7 Å². The third-order valence-corrected chi connectivity index (χ3v) is 2.65. The van der Waals surface area contributed by atoms with Gasteiger partial charge in [0, 0.05) is 5.56 Å². The summed E-state index contributed by atoms with van der Waals surface area (Å²) in [5.74, 6) is 0.807. The van der Waals surface area contributed by atoms with Crippen molar-refractivity contribution in [1.29, 1.82) is 0 Å². The molecule has 2 heteroatoms. The summed E-state index contributed by atoms with van der Waals surface area (Å²) in [6.45, 7) is 2.05. The number of carbonyl (C=O) groups excluding carboxylic acids is 1. The topological polar surface area (TPSA) is 26.3 Å². The molecule has 0 atom stereocenters. The second kappa shape index (κ2) is 6.55. The Morgan fingerprint density at radius 1 is 1.05 bits per heavy atom. The Balaban J connectivity index is 2.10. The fourth-order valence-electron chi connectivity index (χ4n) is 1.69. The molecule has 0 aliphatic carbocycles. The maximum absolute atomic E-state index is 11.0. The summed E-state index contributed by atoms with van der Waals surface area (Å²) in [6, 6.07) is 17.7. The van der Waals surface area contributed by atoms with Crippen molar-refractivity contribution in [2.45, 2.75) is 13.5 Å². The van der Waals surface area contributed by atoms with Gasteiger partial charge in [0.2, 0.25) is 0 Å². The summed E-state index contributed by atoms with van der Waals surface area (Å²) in [5.41, 5.74) is 2.03. The number of hydrogen-bond acceptors (Lipinski definition) is 2. The molecule has 2 rings (SSSR count). The predicted octanol–water partition coefficient (Wildman–Crippen LogP) is 3.87. The number of ether oxygens (including phenoxy) is 1. The lowest BCUT2D eigenvalue weighted by Gasteiger charge is -2.09. The molecule has 96 valence electrons. The molecule has 2 aromatic rings. The molecule has 19 heavy (non-hydrogen) atoms. The maximum atomic E-state index is 11.0. The molecule has 0 unspecified atom stereocenters. The van der Waals surface area contributed by atoms with E-state index in [0.717, 1.165) is 16.9 Å². The Labute approximate surface area is 113 Å². The monoisotopic (exact) mass is 252 g/mol. The lowest BCUT2D eigenvalue weighted by atomic mass is 10.1. The molecule has 0 fully saturated rings. The summed E-state index contributed by atoms with van der Waals surface area (Å²) in [6.07, 6.45) is 3.33. The van der Waals surface area contributed by atoms with Crippen LogP contribution in [0.4, 0.5) is 0 Å². The number of benzene rings is 2. The van der Waals surface area contributed by atoms with Gasteiger partial charge in [0.05, 0.1) is 0 Å². The zero-order valence-electron chi connectivity index (χ0n) is 10.9. The average Bonchev–Trinajstić information content (AvgIpc) is 2.45. The molecule has 2 aromatic carbocycles. The molecule has 0 aliphatic rings. The van der Waals surface area contributed by atoms with E-state index in [0.29, 0.717) is 6.61 Å². The average molecular weight is 252 g/mol. The van der Waals surface area contributed by atoms with Crippen molar-refractivity contribution in [3.05, 3.63) is 71.8 Å². The Hall–Kier alpha value is -2.35. The molecule has 0 amide bonds. The van der Waals surface area contributed by atoms with Gasteiger partial charge < -0.3 is 4.74 Å². The van der Waals surface area contributed by atoms with Crippen molar-refractivity contribution in [3.63, 3.8) is 0 Å². The van der Waals surface area contributed by atoms with Crippen LogP contribution in [-0.2, 0) is 11.4 Å². The summed E-state index contributed by atoms with van der Waals surface area (Å²) in [4.78, 5) is 11.0. The SMILES string of the molecule is CC(=O)/C=C/c1ccccc1OCc1ccccc1. The zero-order chi connectivity index (χ0) is 13.5. The van der Waals surface area contributed by atoms with Crippen molar-refractivity contribution < 1.29 is 9.53 Å². The van der Waals surface area contributed by atoms with Crippen molar-refractivity contribution in [2.75, 3.05) is 0 Å². The highest BCUT2D eigenvalue weighted by Crippen LogP contribution is 2.20. The van der Waals surface area contributed by atoms with Crippen LogP contribution >= 0.6 is 0 Å². The Kier molecular flexibility index (Phi) is 4.51. The second-order valence-electron chi connectivity index (χ2n) is 4.26. The number of para-hydroxylation sites is 1. The molecule has 0 radical (unpaired) electrons. The van der Waals surface area contributed by atoms with Gasteiger partial charge in [-0.25, -0.2) is 0 Å². The summed E-state index contributed by atoms with van der Waals surface area (Å²) in [5, 5.41) is 0. The molecular formula is C17H16O2. The van der Waals surface area contributed by atoms with Crippen molar-refractivity contribution >= 4 is 11.9 Å². The van der Waals surface area contributed by atoms with Gasteiger partial charge in [0.1, 0.15) is 12.4 Å². The summed E-state index contributed by atoms with van der Waals surface area (Å²) >= 11 is 0. The minimum Gasteiger partial charge on any atom is -0.488 e. The van der Waals surface area contributed by atoms with Crippen LogP contribution in [0.5, 0.6) is 5.75 Å². The number of rotatable bonds is 5. The van der Waals surface area contributed by atoms with Gasteiger partial charge >= 0.3 is 0 Å². The highest BCUT2D eigenvalue weighted by Gasteiger charge is 2.00. The van der Waals surface area contributed by atoms with E-state index < -0.39 is 0 Å². The lowest BCUT2D eigenvalue weighted by Crippen LogP contribution is -1.96. The number of ketones is 1. The van der Waals surface area contributed by atoms with Crippen molar-refractivity contribution in [1.82, 2.24) is 0 Å². The second-order valence-corrected chi connectivity index (χ2v) is 4.26. The Bertz CT molecular complexity index is 571. The van der Waals surface area contributed by atoms with E-state index in [-0.39, 0.29) is 5.78 Å². The van der Waals surface area contributed by atoms with E-state index in [2.05, 4.69) is 0 Å². The molecule has 0 aliphatic heterocycles. The fourth-order valence-corrected chi connectivity index (χ4v) is 1.69. The first-order valence-corrected chi connectivity index (χ1v) is 6.20. The van der Waals surface area contributed by atoms with Crippen molar-refractivity contribution in [3.8, 4) is 5.75 Å². The Morgan fingerprint density at radius 3 is 2.47 bits per heavy atom. The van der Waals surface area contributed by atoms with E-state index >= 15 is 0 Å². The minimum atomic E-state index is 0.0258. The van der Waals surface area contributed by atoms with E-state index in [1.165, 1.54) is 6.92 Å². The van der Waals surface area contributed by atoms with Gasteiger partial charge in [0.15, 0.2) is 5.78 Å². The molecule has 0 spiro atoms. The smallest absolute Gasteiger partial charge is 0.152 e. The third-order valence-electron chi connectivity index (χ3n) is 2.65. The first kappa shape index (κ1) is 13.1. The van der Waals surface area contributed by atoms with Crippen LogP contribution < -0.4 is 4.74 Å². The van der Waals surface area contributed by atoms with Gasteiger partial charge in [-0.15, -0.1) is 0 Å². The number of carbonyl (C=O) groups is 1. The van der Waals surface area contributed by atoms with Crippen LogP contribution in [0.2, 0.25) is 0 Å². The Morgan fingerprint density at radius 2 is 1.74 bits per heavy atom. The highest BCUT2D eigenvalue weighted by molar-refractivity contribution is 5.91. The van der Waals surface area contributed by atoms with E-state index in [4.69, 9.17) is 4.74 Å². The van der Waals surface area contributed by atoms with E-state index in [1.54, 1.807) is 12.2 Å². The van der Waals surface area contributed by atoms with E-state index in [9.17, 15) is 4.79 Å². The molecule has 0 heterocycles. The van der Waals surface area contributed by atoms with Gasteiger partial charge in [-0.3, -0.25) is 4.79 Å². The first-order chi connectivity index (χ1) is 9.25. The number of allylic oxidation sites excluding steroid dienone is 1. The third kappa shape index (κ3) is 4.11. The molecule has 0 aromatic heterocycles. The molecule has 0 N–H and O–H groups in total. The minimum absolute atomic E-state index is 0.0258. The maximum Gasteiger partial charge on any atom is 0.152 e. The molecule has 2 nitrogen and oxygen atoms in total. The van der Waals surface area contributed by atoms with Crippen LogP contribution in [0.1, 0.15) is 18.1 Å². The summed E-state index contributed by atoms with van der Waals surface area (Å²) in [7, 11) is 0. The highest BCUT2D eigenvalue weighted by atomic mass is 16.5. The fraction of sp³-hybridized carbons (Fsp3) is 0.118. The zero-order valence-corrected chi connectivity index (χ0v) is 10.9. The van der Waals surface area contributed by atoms with Crippen LogP contribution in [0.3, 0.4) is 0 Å². The molecule has 0 saturated heterocycles. The predicted molar refractivity (Wildman–Crippen MR) is 76.9 cm³/mol. The largest absolute Gasteiger partial charge is 0.488 e. The van der Waals surface area contributed by atoms with Crippen LogP contribution in [0, 0.1) is 0 Å². The van der Waals surface area contributed by atoms with Crippen molar-refractivity contribution in [2.24, 2.45) is 0 Å². The summed E-state index contributed by atoms with van der Waals surface area (Å²) < 4.78 is 5.79. The van der Waals surface area contributed by atoms with Crippen LogP contribution in [0.25, 0.3) is 6.08 Å². The molecule has 0 saturated carbocycles. The van der Waals surface area contributed by atoms with Crippen LogP contribution in [-0.4, -0.2) is 5.78 Å². The quantitative estimate of drug-likeness (QED) is 0.755. The standard InChI is InChI=1S/C17H16O2/c1-14(18)11-12-16-9-5-6-10-17(16)19-13-15-7-3-2-4-8-15/h2-12H,13H2,1H3/b12-11+. The molecular weight excluding hydrogens is 236 g/mol. The van der Waals surface area contributed by atoms with Gasteiger partial charge in [-0.1, -0.05) is 48.5 Å². The van der Waals surface area contributed by atoms with Gasteiger partial charge in [-0.2, -0.15) is 0 Å². The van der Waals surface area contributed by atoms with E-state index in [1.807, 2.05) is 54.6 Å². The van der Waals surface area contributed by atoms with Crippen LogP contribution in [0.15, 0.2) is 60.7 Å². The normalized spacial score (nSPS) is 10.6. The van der Waals surface area contributed by atoms with Gasteiger partial charge in [0.25, 0.3) is 0 Å². The molecule has 0 bridgehead atoms. The number of hydrogen-bond donors (Lipinski definition) is 0. The lowest BCUT2D eigenvalue weighted by molar-refractivity contribution is -0.112.